The second kappa shape index (κ2) is 5.65. The zero-order chi connectivity index (χ0) is 15.8. The van der Waals surface area contributed by atoms with Crippen LogP contribution >= 0.6 is 0 Å². The summed E-state index contributed by atoms with van der Waals surface area (Å²) in [6, 6.07) is 11.1. The Bertz CT molecular complexity index is 718. The number of hydrogen-bond acceptors (Lipinski definition) is 4. The van der Waals surface area contributed by atoms with Gasteiger partial charge in [-0.1, -0.05) is 12.1 Å². The van der Waals surface area contributed by atoms with Crippen molar-refractivity contribution in [1.29, 1.82) is 0 Å². The number of hydrogen-bond donors (Lipinski definition) is 1. The Morgan fingerprint density at radius 1 is 1.13 bits per heavy atom. The van der Waals surface area contributed by atoms with Crippen LogP contribution in [-0.4, -0.2) is 25.8 Å². The lowest BCUT2D eigenvalue weighted by molar-refractivity contribution is 0.171. The molecule has 2 aliphatic rings. The Morgan fingerprint density at radius 3 is 2.57 bits per heavy atom. The molecular weight excluding hydrogens is 295 g/mol. The summed E-state index contributed by atoms with van der Waals surface area (Å²) in [5.41, 5.74) is 3.23. The van der Waals surface area contributed by atoms with Crippen LogP contribution in [0.25, 0.3) is 0 Å². The van der Waals surface area contributed by atoms with Crippen LogP contribution in [0.3, 0.4) is 0 Å². The van der Waals surface area contributed by atoms with Crippen LogP contribution in [0.15, 0.2) is 36.4 Å². The second-order valence-electron chi connectivity index (χ2n) is 6.00. The lowest BCUT2D eigenvalue weighted by atomic mass is 10.1. The molecule has 5 heteroatoms. The van der Waals surface area contributed by atoms with Crippen LogP contribution in [0.1, 0.15) is 12.5 Å². The predicted molar refractivity (Wildman–Crippen MR) is 88.0 cm³/mol. The van der Waals surface area contributed by atoms with Gasteiger partial charge in [-0.05, 0) is 24.6 Å². The first kappa shape index (κ1) is 14.2. The lowest BCUT2D eigenvalue weighted by Gasteiger charge is -2.38. The third kappa shape index (κ3) is 2.67. The summed E-state index contributed by atoms with van der Waals surface area (Å²) in [6.07, 6.45) is 0. The minimum atomic E-state index is -0.206. The number of benzene rings is 2. The van der Waals surface area contributed by atoms with E-state index in [9.17, 15) is 4.39 Å². The van der Waals surface area contributed by atoms with Crippen LogP contribution in [0.5, 0.6) is 11.5 Å². The molecule has 0 amide bonds. The Hall–Kier alpha value is -2.43. The average Bonchev–Trinajstić information content (AvgIpc) is 2.58. The Kier molecular flexibility index (Phi) is 3.48. The molecule has 0 aliphatic carbocycles. The van der Waals surface area contributed by atoms with Crippen molar-refractivity contribution in [2.75, 3.05) is 30.0 Å². The van der Waals surface area contributed by atoms with Crippen molar-refractivity contribution in [2.24, 2.45) is 0 Å². The van der Waals surface area contributed by atoms with E-state index >= 15 is 0 Å². The van der Waals surface area contributed by atoms with Crippen LogP contribution in [0.4, 0.5) is 15.8 Å². The molecule has 0 saturated heterocycles. The van der Waals surface area contributed by atoms with Gasteiger partial charge in [-0.25, -0.2) is 4.39 Å². The number of fused-ring (bicyclic) bond motifs is 2. The number of halogens is 1. The third-order valence-electron chi connectivity index (χ3n) is 4.36. The standard InChI is InChI=1S/C18H19FN2O2/c1-12-10-20-15-8-17-18(23-7-6-22-17)9-16(15)21(12)11-13-2-4-14(19)5-3-13/h2-5,8-9,12,20H,6-7,10-11H2,1H3. The van der Waals surface area contributed by atoms with Gasteiger partial charge in [0.15, 0.2) is 11.5 Å². The van der Waals surface area contributed by atoms with Gasteiger partial charge in [0.05, 0.1) is 11.4 Å². The Morgan fingerprint density at radius 2 is 1.83 bits per heavy atom. The van der Waals surface area contributed by atoms with Gasteiger partial charge in [0.1, 0.15) is 19.0 Å². The van der Waals surface area contributed by atoms with Crippen LogP contribution in [0, 0.1) is 5.82 Å². The van der Waals surface area contributed by atoms with Crippen molar-refractivity contribution in [2.45, 2.75) is 19.5 Å². The summed E-state index contributed by atoms with van der Waals surface area (Å²) in [5.74, 6) is 1.37. The fourth-order valence-corrected chi connectivity index (χ4v) is 3.09. The van der Waals surface area contributed by atoms with E-state index in [1.54, 1.807) is 0 Å². The van der Waals surface area contributed by atoms with Gasteiger partial charge in [0.2, 0.25) is 0 Å². The first-order valence-electron chi connectivity index (χ1n) is 7.89. The number of rotatable bonds is 2. The van der Waals surface area contributed by atoms with E-state index in [2.05, 4.69) is 17.1 Å². The van der Waals surface area contributed by atoms with E-state index in [1.165, 1.54) is 12.1 Å². The van der Waals surface area contributed by atoms with Crippen LogP contribution < -0.4 is 19.7 Å². The third-order valence-corrected chi connectivity index (χ3v) is 4.36. The predicted octanol–water partition coefficient (Wildman–Crippen LogP) is 3.42. The molecule has 2 aromatic rings. The molecule has 0 aromatic heterocycles. The molecule has 0 fully saturated rings. The fraction of sp³-hybridized carbons (Fsp3) is 0.333. The number of nitrogens with zero attached hydrogens (tertiary/aromatic N) is 1. The van der Waals surface area contributed by atoms with Gasteiger partial charge in [0, 0.05) is 31.3 Å². The fourth-order valence-electron chi connectivity index (χ4n) is 3.09. The highest BCUT2D eigenvalue weighted by molar-refractivity contribution is 5.77. The minimum absolute atomic E-state index is 0.206. The molecule has 0 radical (unpaired) electrons. The quantitative estimate of drug-likeness (QED) is 0.921. The molecule has 120 valence electrons. The van der Waals surface area contributed by atoms with Crippen molar-refractivity contribution < 1.29 is 13.9 Å². The number of ether oxygens (including phenoxy) is 2. The van der Waals surface area contributed by atoms with E-state index in [0.717, 1.165) is 41.5 Å². The van der Waals surface area contributed by atoms with E-state index in [0.29, 0.717) is 19.3 Å². The van der Waals surface area contributed by atoms with E-state index < -0.39 is 0 Å². The first-order valence-corrected chi connectivity index (χ1v) is 7.89. The number of anilines is 2. The SMILES string of the molecule is CC1CNc2cc3c(cc2N1Cc1ccc(F)cc1)OCCO3. The van der Waals surface area contributed by atoms with Crippen molar-refractivity contribution in [3.63, 3.8) is 0 Å². The molecule has 4 rings (SSSR count). The Labute approximate surface area is 134 Å². The summed E-state index contributed by atoms with van der Waals surface area (Å²) < 4.78 is 24.5. The highest BCUT2D eigenvalue weighted by Gasteiger charge is 2.26. The van der Waals surface area contributed by atoms with E-state index in [4.69, 9.17) is 9.47 Å². The second-order valence-corrected chi connectivity index (χ2v) is 6.00. The largest absolute Gasteiger partial charge is 0.486 e. The van der Waals surface area contributed by atoms with Gasteiger partial charge >= 0.3 is 0 Å². The average molecular weight is 314 g/mol. The smallest absolute Gasteiger partial charge is 0.163 e. The van der Waals surface area contributed by atoms with Gasteiger partial charge < -0.3 is 19.7 Å². The molecule has 2 aliphatic heterocycles. The topological polar surface area (TPSA) is 33.7 Å². The molecule has 1 atom stereocenters. The zero-order valence-electron chi connectivity index (χ0n) is 13.0. The molecule has 2 heterocycles. The van der Waals surface area contributed by atoms with Crippen molar-refractivity contribution in [3.05, 3.63) is 47.8 Å². The highest BCUT2D eigenvalue weighted by Crippen LogP contribution is 2.42. The maximum absolute atomic E-state index is 13.1. The van der Waals surface area contributed by atoms with E-state index in [-0.39, 0.29) is 5.82 Å². The molecule has 23 heavy (non-hydrogen) atoms. The van der Waals surface area contributed by atoms with Crippen LogP contribution in [-0.2, 0) is 6.54 Å². The van der Waals surface area contributed by atoms with Crippen molar-refractivity contribution >= 4 is 11.4 Å². The summed E-state index contributed by atoms with van der Waals surface area (Å²) in [4.78, 5) is 2.32. The van der Waals surface area contributed by atoms with Crippen molar-refractivity contribution in [1.82, 2.24) is 0 Å². The molecule has 1 unspecified atom stereocenters. The maximum atomic E-state index is 13.1. The van der Waals surface area contributed by atoms with Gasteiger partial charge in [-0.3, -0.25) is 0 Å². The normalized spacial score (nSPS) is 19.0. The molecule has 0 bridgehead atoms. The summed E-state index contributed by atoms with van der Waals surface area (Å²) >= 11 is 0. The van der Waals surface area contributed by atoms with Crippen molar-refractivity contribution in [3.8, 4) is 11.5 Å². The Balaban J connectivity index is 1.69. The molecule has 1 N–H and O–H groups in total. The molecule has 0 spiro atoms. The maximum Gasteiger partial charge on any atom is 0.163 e. The highest BCUT2D eigenvalue weighted by atomic mass is 19.1. The summed E-state index contributed by atoms with van der Waals surface area (Å²) in [7, 11) is 0. The molecule has 2 aromatic carbocycles. The molecule has 0 saturated carbocycles. The number of nitrogens with one attached hydrogen (secondary N) is 1. The lowest BCUT2D eigenvalue weighted by Crippen LogP contribution is -2.41. The monoisotopic (exact) mass is 314 g/mol. The summed E-state index contributed by atoms with van der Waals surface area (Å²) in [6.45, 7) is 4.92. The molecular formula is C18H19FN2O2. The minimum Gasteiger partial charge on any atom is -0.486 e. The molecule has 4 nitrogen and oxygen atoms in total. The first-order chi connectivity index (χ1) is 11.2. The summed E-state index contributed by atoms with van der Waals surface area (Å²) in [5, 5.41) is 3.45. The van der Waals surface area contributed by atoms with Gasteiger partial charge in [-0.2, -0.15) is 0 Å². The van der Waals surface area contributed by atoms with Gasteiger partial charge in [0.25, 0.3) is 0 Å². The van der Waals surface area contributed by atoms with Crippen LogP contribution in [0.2, 0.25) is 0 Å². The van der Waals surface area contributed by atoms with E-state index in [1.807, 2.05) is 24.3 Å². The van der Waals surface area contributed by atoms with Gasteiger partial charge in [-0.15, -0.1) is 0 Å². The zero-order valence-corrected chi connectivity index (χ0v) is 13.0.